The quantitative estimate of drug-likeness (QED) is 0.436. The second kappa shape index (κ2) is 8.52. The Morgan fingerprint density at radius 3 is 2.89 bits per heavy atom. The maximum Gasteiger partial charge on any atom is 0.279 e. The SMILES string of the molecule is C=CCSc1nc(=O)c2c(n1C)NC(=O)CC2c1cccc(OC)c1OCC. The van der Waals surface area contributed by atoms with Crippen LogP contribution in [0.2, 0.25) is 0 Å². The Hall–Kier alpha value is -2.74. The molecule has 1 aromatic carbocycles. The Balaban J connectivity index is 2.20. The number of carbonyl (C=O) groups is 1. The molecule has 1 N–H and O–H groups in total. The van der Waals surface area contributed by atoms with Crippen LogP contribution in [0.4, 0.5) is 5.82 Å². The van der Waals surface area contributed by atoms with Crippen molar-refractivity contribution in [1.29, 1.82) is 0 Å². The van der Waals surface area contributed by atoms with E-state index in [2.05, 4.69) is 16.9 Å². The van der Waals surface area contributed by atoms with E-state index in [1.807, 2.05) is 19.1 Å². The Bertz CT molecular complexity index is 971. The zero-order valence-corrected chi connectivity index (χ0v) is 17.0. The third-order valence-corrected chi connectivity index (χ3v) is 5.55. The number of carbonyl (C=O) groups excluding carboxylic acids is 1. The number of para-hydroxylation sites is 1. The summed E-state index contributed by atoms with van der Waals surface area (Å²) in [5.41, 5.74) is 0.844. The van der Waals surface area contributed by atoms with Gasteiger partial charge in [0.15, 0.2) is 16.7 Å². The second-order valence-electron chi connectivity index (χ2n) is 6.24. The van der Waals surface area contributed by atoms with E-state index in [9.17, 15) is 9.59 Å². The van der Waals surface area contributed by atoms with Crippen LogP contribution >= 0.6 is 11.8 Å². The fourth-order valence-electron chi connectivity index (χ4n) is 3.33. The molecule has 0 bridgehead atoms. The lowest BCUT2D eigenvalue weighted by molar-refractivity contribution is -0.116. The van der Waals surface area contributed by atoms with Crippen LogP contribution in [0.25, 0.3) is 0 Å². The summed E-state index contributed by atoms with van der Waals surface area (Å²) in [7, 11) is 3.35. The summed E-state index contributed by atoms with van der Waals surface area (Å²) in [4.78, 5) is 29.6. The molecule has 1 atom stereocenters. The zero-order valence-electron chi connectivity index (χ0n) is 16.2. The highest BCUT2D eigenvalue weighted by Crippen LogP contribution is 2.43. The fourth-order valence-corrected chi connectivity index (χ4v) is 4.03. The van der Waals surface area contributed by atoms with Crippen molar-refractivity contribution in [3.63, 3.8) is 0 Å². The number of thioether (sulfide) groups is 1. The lowest BCUT2D eigenvalue weighted by Gasteiger charge is -2.28. The van der Waals surface area contributed by atoms with Crippen LogP contribution in [0.5, 0.6) is 11.5 Å². The average Bonchev–Trinajstić information content (AvgIpc) is 2.69. The van der Waals surface area contributed by atoms with Crippen molar-refractivity contribution >= 4 is 23.5 Å². The van der Waals surface area contributed by atoms with E-state index in [0.29, 0.717) is 40.4 Å². The predicted molar refractivity (Wildman–Crippen MR) is 110 cm³/mol. The van der Waals surface area contributed by atoms with E-state index < -0.39 is 5.92 Å². The van der Waals surface area contributed by atoms with E-state index >= 15 is 0 Å². The normalized spacial score (nSPS) is 15.5. The first-order chi connectivity index (χ1) is 13.5. The van der Waals surface area contributed by atoms with Gasteiger partial charge >= 0.3 is 0 Å². The highest BCUT2D eigenvalue weighted by molar-refractivity contribution is 7.99. The van der Waals surface area contributed by atoms with Gasteiger partial charge in [-0.2, -0.15) is 4.98 Å². The maximum atomic E-state index is 12.9. The van der Waals surface area contributed by atoms with Crippen molar-refractivity contribution in [2.24, 2.45) is 7.05 Å². The van der Waals surface area contributed by atoms with Gasteiger partial charge in [0.05, 0.1) is 19.3 Å². The number of nitrogens with one attached hydrogen (secondary N) is 1. The summed E-state index contributed by atoms with van der Waals surface area (Å²) in [5, 5.41) is 3.37. The van der Waals surface area contributed by atoms with Crippen molar-refractivity contribution in [1.82, 2.24) is 9.55 Å². The minimum Gasteiger partial charge on any atom is -0.493 e. The molecule has 1 aliphatic heterocycles. The van der Waals surface area contributed by atoms with Crippen LogP contribution in [-0.2, 0) is 11.8 Å². The molecule has 28 heavy (non-hydrogen) atoms. The molecule has 0 saturated carbocycles. The largest absolute Gasteiger partial charge is 0.493 e. The van der Waals surface area contributed by atoms with Gasteiger partial charge < -0.3 is 19.4 Å². The molecule has 1 amide bonds. The van der Waals surface area contributed by atoms with Gasteiger partial charge in [0.2, 0.25) is 5.91 Å². The lowest BCUT2D eigenvalue weighted by Crippen LogP contribution is -2.33. The molecular formula is C20H23N3O4S. The third kappa shape index (κ3) is 3.64. The molecule has 7 nitrogen and oxygen atoms in total. The molecule has 2 heterocycles. The van der Waals surface area contributed by atoms with Gasteiger partial charge in [0.1, 0.15) is 5.82 Å². The number of nitrogens with zero attached hydrogens (tertiary/aromatic N) is 2. The molecular weight excluding hydrogens is 378 g/mol. The number of rotatable bonds is 7. The van der Waals surface area contributed by atoms with E-state index in [-0.39, 0.29) is 17.9 Å². The van der Waals surface area contributed by atoms with E-state index in [1.54, 1.807) is 30.9 Å². The minimum absolute atomic E-state index is 0.135. The van der Waals surface area contributed by atoms with Gasteiger partial charge in [-0.25, -0.2) is 0 Å². The highest BCUT2D eigenvalue weighted by Gasteiger charge is 2.34. The number of ether oxygens (including phenoxy) is 2. The van der Waals surface area contributed by atoms with E-state index in [0.717, 1.165) is 5.56 Å². The predicted octanol–water partition coefficient (Wildman–Crippen LogP) is 2.94. The van der Waals surface area contributed by atoms with Crippen molar-refractivity contribution in [2.75, 3.05) is 24.8 Å². The third-order valence-electron chi connectivity index (χ3n) is 4.52. The van der Waals surface area contributed by atoms with Gasteiger partial charge in [-0.05, 0) is 13.0 Å². The number of benzene rings is 1. The minimum atomic E-state index is -0.468. The fraction of sp³-hybridized carbons (Fsp3) is 0.350. The number of fused-ring (bicyclic) bond motifs is 1. The van der Waals surface area contributed by atoms with Crippen LogP contribution in [-0.4, -0.2) is 34.9 Å². The molecule has 2 aromatic rings. The smallest absolute Gasteiger partial charge is 0.279 e. The van der Waals surface area contributed by atoms with Crippen molar-refractivity contribution in [3.05, 3.63) is 52.3 Å². The molecule has 8 heteroatoms. The van der Waals surface area contributed by atoms with Crippen molar-refractivity contribution in [2.45, 2.75) is 24.4 Å². The second-order valence-corrected chi connectivity index (χ2v) is 7.22. The first-order valence-corrected chi connectivity index (χ1v) is 9.94. The van der Waals surface area contributed by atoms with Gasteiger partial charge in [-0.3, -0.25) is 9.59 Å². The van der Waals surface area contributed by atoms with Gasteiger partial charge in [0, 0.05) is 30.7 Å². The van der Waals surface area contributed by atoms with Gasteiger partial charge in [0.25, 0.3) is 5.56 Å². The Kier molecular flexibility index (Phi) is 6.08. The number of hydrogen-bond acceptors (Lipinski definition) is 6. The number of amides is 1. The average molecular weight is 401 g/mol. The summed E-state index contributed by atoms with van der Waals surface area (Å²) in [6.07, 6.45) is 1.87. The zero-order chi connectivity index (χ0) is 20.3. The van der Waals surface area contributed by atoms with Crippen LogP contribution in [0.3, 0.4) is 0 Å². The van der Waals surface area contributed by atoms with Crippen LogP contribution in [0.1, 0.15) is 30.4 Å². The van der Waals surface area contributed by atoms with E-state index in [1.165, 1.54) is 11.8 Å². The summed E-state index contributed by atoms with van der Waals surface area (Å²) in [5.74, 6) is 1.56. The Morgan fingerprint density at radius 1 is 1.43 bits per heavy atom. The van der Waals surface area contributed by atoms with E-state index in [4.69, 9.17) is 9.47 Å². The molecule has 1 aromatic heterocycles. The van der Waals surface area contributed by atoms with Crippen LogP contribution in [0, 0.1) is 0 Å². The highest BCUT2D eigenvalue weighted by atomic mass is 32.2. The van der Waals surface area contributed by atoms with Crippen LogP contribution < -0.4 is 20.3 Å². The summed E-state index contributed by atoms with van der Waals surface area (Å²) in [6, 6.07) is 5.49. The standard InChI is InChI=1S/C20H23N3O4S/c1-5-10-28-20-22-19(25)16-13(11-15(24)21-18(16)23(20)3)12-8-7-9-14(26-4)17(12)27-6-2/h5,7-9,13H,1,6,10-11H2,2-4H3,(H,21,24). The molecule has 3 rings (SSSR count). The number of hydrogen-bond donors (Lipinski definition) is 1. The number of aromatic nitrogens is 2. The Labute approximate surface area is 167 Å². The monoisotopic (exact) mass is 401 g/mol. The molecule has 0 saturated heterocycles. The summed E-state index contributed by atoms with van der Waals surface area (Å²) in [6.45, 7) is 6.00. The first-order valence-electron chi connectivity index (χ1n) is 8.95. The number of methoxy groups -OCH3 is 1. The maximum absolute atomic E-state index is 12.9. The van der Waals surface area contributed by atoms with Gasteiger partial charge in [-0.1, -0.05) is 30.0 Å². The van der Waals surface area contributed by atoms with Gasteiger partial charge in [-0.15, -0.1) is 6.58 Å². The first kappa shape index (κ1) is 20.0. The molecule has 1 aliphatic rings. The summed E-state index contributed by atoms with van der Waals surface area (Å²) >= 11 is 1.39. The Morgan fingerprint density at radius 2 is 2.21 bits per heavy atom. The number of anilines is 1. The molecule has 148 valence electrons. The van der Waals surface area contributed by atoms with Crippen molar-refractivity contribution < 1.29 is 14.3 Å². The lowest BCUT2D eigenvalue weighted by atomic mass is 9.86. The molecule has 0 fully saturated rings. The van der Waals surface area contributed by atoms with Crippen LogP contribution in [0.15, 0.2) is 40.8 Å². The molecule has 0 radical (unpaired) electrons. The summed E-state index contributed by atoms with van der Waals surface area (Å²) < 4.78 is 13.0. The molecule has 0 aliphatic carbocycles. The topological polar surface area (TPSA) is 82.5 Å². The van der Waals surface area contributed by atoms with Crippen molar-refractivity contribution in [3.8, 4) is 11.5 Å². The molecule has 0 spiro atoms. The molecule has 1 unspecified atom stereocenters.